The van der Waals surface area contributed by atoms with Gasteiger partial charge < -0.3 is 15.7 Å². The molecule has 3 rings (SSSR count). The first-order valence-corrected chi connectivity index (χ1v) is 7.64. The Morgan fingerprint density at radius 1 is 1.45 bits per heavy atom. The van der Waals surface area contributed by atoms with E-state index in [0.717, 1.165) is 28.9 Å². The summed E-state index contributed by atoms with van der Waals surface area (Å²) in [5, 5.41) is 17.3. The van der Waals surface area contributed by atoms with E-state index < -0.39 is 0 Å². The third-order valence-electron chi connectivity index (χ3n) is 4.16. The molecule has 22 heavy (non-hydrogen) atoms. The maximum Gasteiger partial charge on any atom is 0.223 e. The summed E-state index contributed by atoms with van der Waals surface area (Å²) in [7, 11) is 0. The average molecular weight is 323 g/mol. The number of hydrogen-bond donors (Lipinski definition) is 3. The first-order valence-electron chi connectivity index (χ1n) is 7.26. The normalized spacial score (nSPS) is 17.1. The number of aromatic amines is 1. The molecule has 2 aromatic rings. The number of nitrogen functional groups attached to an aromatic ring is 1. The molecule has 4 N–H and O–H groups in total. The van der Waals surface area contributed by atoms with Crippen LogP contribution in [0.1, 0.15) is 35.4 Å². The first kappa shape index (κ1) is 15.1. The summed E-state index contributed by atoms with van der Waals surface area (Å²) in [6.07, 6.45) is 0.888. The summed E-state index contributed by atoms with van der Waals surface area (Å²) in [5.41, 5.74) is 9.74. The lowest BCUT2D eigenvalue weighted by atomic mass is 10.1. The molecule has 0 fully saturated rings. The number of H-pyrrole nitrogens is 1. The van der Waals surface area contributed by atoms with Crippen LogP contribution >= 0.6 is 11.6 Å². The van der Waals surface area contributed by atoms with Crippen LogP contribution in [-0.2, 0) is 13.0 Å². The fourth-order valence-corrected chi connectivity index (χ4v) is 3.26. The smallest absolute Gasteiger partial charge is 0.223 e. The molecule has 0 aromatic carbocycles. The number of aliphatic hydroxyl groups excluding tert-OH is 1. The standard InChI is InChI=1S/C14H19ClN6O/c1-3-9-7(2)10(20-19-9)5-21-4-8(6-22)11-12(15)17-14(16)18-13(11)21/h8,22H,3-6H2,1-2H3,(H,19,20)(H2,16,17,18). The van der Waals surface area contributed by atoms with E-state index >= 15 is 0 Å². The van der Waals surface area contributed by atoms with Crippen molar-refractivity contribution in [2.75, 3.05) is 23.8 Å². The molecule has 1 aliphatic heterocycles. The van der Waals surface area contributed by atoms with Gasteiger partial charge in [-0.15, -0.1) is 0 Å². The van der Waals surface area contributed by atoms with E-state index in [2.05, 4.69) is 38.9 Å². The number of nitrogens with zero attached hydrogens (tertiary/aromatic N) is 4. The number of halogens is 1. The Morgan fingerprint density at radius 2 is 2.23 bits per heavy atom. The lowest BCUT2D eigenvalue weighted by Gasteiger charge is -2.18. The number of aromatic nitrogens is 4. The molecule has 118 valence electrons. The molecule has 1 unspecified atom stereocenters. The Labute approximate surface area is 133 Å². The summed E-state index contributed by atoms with van der Waals surface area (Å²) in [6.45, 7) is 5.38. The van der Waals surface area contributed by atoms with Crippen LogP contribution in [-0.4, -0.2) is 38.4 Å². The highest BCUT2D eigenvalue weighted by atomic mass is 35.5. The summed E-state index contributed by atoms with van der Waals surface area (Å²) in [5.74, 6) is 0.739. The van der Waals surface area contributed by atoms with Crippen LogP contribution in [0.25, 0.3) is 0 Å². The van der Waals surface area contributed by atoms with Gasteiger partial charge >= 0.3 is 0 Å². The molecule has 2 aromatic heterocycles. The summed E-state index contributed by atoms with van der Waals surface area (Å²) < 4.78 is 0. The van der Waals surface area contributed by atoms with E-state index in [9.17, 15) is 5.11 Å². The minimum Gasteiger partial charge on any atom is -0.396 e. The highest BCUT2D eigenvalue weighted by Gasteiger charge is 2.33. The van der Waals surface area contributed by atoms with Crippen molar-refractivity contribution in [3.8, 4) is 0 Å². The summed E-state index contributed by atoms with van der Waals surface area (Å²) in [6, 6.07) is 0. The number of anilines is 2. The van der Waals surface area contributed by atoms with Crippen LogP contribution in [0.3, 0.4) is 0 Å². The summed E-state index contributed by atoms with van der Waals surface area (Å²) in [4.78, 5) is 10.4. The maximum absolute atomic E-state index is 9.59. The maximum atomic E-state index is 9.59. The zero-order chi connectivity index (χ0) is 15.9. The second-order valence-corrected chi connectivity index (χ2v) is 5.86. The summed E-state index contributed by atoms with van der Waals surface area (Å²) >= 11 is 6.19. The lowest BCUT2D eigenvalue weighted by molar-refractivity contribution is 0.270. The van der Waals surface area contributed by atoms with Crippen molar-refractivity contribution in [3.63, 3.8) is 0 Å². The van der Waals surface area contributed by atoms with Crippen molar-refractivity contribution >= 4 is 23.4 Å². The number of fused-ring (bicyclic) bond motifs is 1. The van der Waals surface area contributed by atoms with Gasteiger partial charge in [0.2, 0.25) is 5.95 Å². The fourth-order valence-electron chi connectivity index (χ4n) is 2.94. The number of nitrogens with one attached hydrogen (secondary N) is 1. The zero-order valence-corrected chi connectivity index (χ0v) is 13.4. The molecule has 0 saturated carbocycles. The predicted octanol–water partition coefficient (Wildman–Crippen LogP) is 1.40. The van der Waals surface area contributed by atoms with Gasteiger partial charge in [0.25, 0.3) is 0 Å². The van der Waals surface area contributed by atoms with Crippen molar-refractivity contribution in [2.45, 2.75) is 32.7 Å². The third kappa shape index (κ3) is 2.40. The zero-order valence-electron chi connectivity index (χ0n) is 12.6. The van der Waals surface area contributed by atoms with Gasteiger partial charge in [0.15, 0.2) is 0 Å². The molecular weight excluding hydrogens is 304 g/mol. The Hall–Kier alpha value is -1.86. The number of aliphatic hydroxyl groups is 1. The molecule has 0 spiro atoms. The van der Waals surface area contributed by atoms with E-state index in [4.69, 9.17) is 17.3 Å². The van der Waals surface area contributed by atoms with Crippen molar-refractivity contribution in [3.05, 3.63) is 27.7 Å². The molecule has 3 heterocycles. The van der Waals surface area contributed by atoms with Gasteiger partial charge in [-0.25, -0.2) is 4.98 Å². The lowest BCUT2D eigenvalue weighted by Crippen LogP contribution is -2.23. The van der Waals surface area contributed by atoms with Gasteiger partial charge in [-0.3, -0.25) is 5.10 Å². The average Bonchev–Trinajstić information content (AvgIpc) is 3.01. The SMILES string of the molecule is CCc1n[nH]c(CN2CC(CO)c3c(Cl)nc(N)nc32)c1C. The molecule has 8 heteroatoms. The highest BCUT2D eigenvalue weighted by Crippen LogP contribution is 2.39. The molecule has 0 radical (unpaired) electrons. The molecule has 0 amide bonds. The minimum absolute atomic E-state index is 0.00132. The second kappa shape index (κ2) is 5.73. The van der Waals surface area contributed by atoms with Crippen LogP contribution < -0.4 is 10.6 Å². The van der Waals surface area contributed by atoms with Gasteiger partial charge in [-0.1, -0.05) is 18.5 Å². The fraction of sp³-hybridized carbons (Fsp3) is 0.500. The van der Waals surface area contributed by atoms with E-state index in [-0.39, 0.29) is 18.5 Å². The quantitative estimate of drug-likeness (QED) is 0.735. The van der Waals surface area contributed by atoms with Crippen LogP contribution in [0.15, 0.2) is 0 Å². The topological polar surface area (TPSA) is 104 Å². The van der Waals surface area contributed by atoms with Gasteiger partial charge in [-0.05, 0) is 18.9 Å². The largest absolute Gasteiger partial charge is 0.396 e. The van der Waals surface area contributed by atoms with Crippen LogP contribution in [0.2, 0.25) is 5.15 Å². The molecule has 1 aliphatic rings. The van der Waals surface area contributed by atoms with Gasteiger partial charge in [0.1, 0.15) is 11.0 Å². The Kier molecular flexibility index (Phi) is 3.92. The Balaban J connectivity index is 1.95. The van der Waals surface area contributed by atoms with E-state index in [0.29, 0.717) is 24.1 Å². The van der Waals surface area contributed by atoms with Gasteiger partial charge in [0.05, 0.1) is 24.5 Å². The van der Waals surface area contributed by atoms with Crippen LogP contribution in [0.5, 0.6) is 0 Å². The van der Waals surface area contributed by atoms with Crippen molar-refractivity contribution in [2.24, 2.45) is 0 Å². The number of nitrogens with two attached hydrogens (primary N) is 1. The predicted molar refractivity (Wildman–Crippen MR) is 85.0 cm³/mol. The molecule has 0 bridgehead atoms. The van der Waals surface area contributed by atoms with E-state index in [1.165, 1.54) is 0 Å². The highest BCUT2D eigenvalue weighted by molar-refractivity contribution is 6.30. The van der Waals surface area contributed by atoms with E-state index in [1.807, 2.05) is 0 Å². The van der Waals surface area contributed by atoms with Crippen LogP contribution in [0.4, 0.5) is 11.8 Å². The van der Waals surface area contributed by atoms with E-state index in [1.54, 1.807) is 0 Å². The van der Waals surface area contributed by atoms with Crippen molar-refractivity contribution in [1.82, 2.24) is 20.2 Å². The van der Waals surface area contributed by atoms with Crippen molar-refractivity contribution in [1.29, 1.82) is 0 Å². The third-order valence-corrected chi connectivity index (χ3v) is 4.45. The number of hydrogen-bond acceptors (Lipinski definition) is 6. The second-order valence-electron chi connectivity index (χ2n) is 5.50. The number of aryl methyl sites for hydroxylation is 1. The molecule has 0 saturated heterocycles. The molecule has 1 atom stereocenters. The van der Waals surface area contributed by atoms with Crippen molar-refractivity contribution < 1.29 is 5.11 Å². The number of rotatable bonds is 4. The van der Waals surface area contributed by atoms with Crippen LogP contribution in [0, 0.1) is 6.92 Å². The molecule has 7 nitrogen and oxygen atoms in total. The van der Waals surface area contributed by atoms with Gasteiger partial charge in [-0.2, -0.15) is 10.1 Å². The minimum atomic E-state index is -0.100. The first-order chi connectivity index (χ1) is 10.5. The molecule has 0 aliphatic carbocycles. The van der Waals surface area contributed by atoms with Gasteiger partial charge in [0, 0.05) is 18.0 Å². The molecular formula is C14H19ClN6O. The Morgan fingerprint density at radius 3 is 2.86 bits per heavy atom. The Bertz CT molecular complexity index is 701. The monoisotopic (exact) mass is 322 g/mol.